The zero-order valence-electron chi connectivity index (χ0n) is 19.7. The van der Waals surface area contributed by atoms with E-state index < -0.39 is 22.6 Å². The van der Waals surface area contributed by atoms with Gasteiger partial charge in [-0.15, -0.1) is 11.8 Å². The second-order valence-electron chi connectivity index (χ2n) is 9.63. The average Bonchev–Trinajstić information content (AvgIpc) is 3.16. The van der Waals surface area contributed by atoms with Crippen molar-refractivity contribution in [1.82, 2.24) is 9.80 Å². The highest BCUT2D eigenvalue weighted by atomic mass is 35.5. The Bertz CT molecular complexity index is 1080. The second kappa shape index (κ2) is 9.64. The number of rotatable bonds is 6. The fourth-order valence-electron chi connectivity index (χ4n) is 5.93. The van der Waals surface area contributed by atoms with Crippen LogP contribution in [-0.2, 0) is 14.4 Å². The highest BCUT2D eigenvalue weighted by Gasteiger charge is 2.70. The Kier molecular flexibility index (Phi) is 6.72. The molecule has 0 radical (unpaired) electrons. The number of likely N-dealkylation sites (tertiary alicyclic amines) is 1. The Morgan fingerprint density at radius 2 is 1.80 bits per heavy atom. The number of amides is 3. The molecule has 0 aromatic heterocycles. The van der Waals surface area contributed by atoms with Crippen LogP contribution in [0.4, 0.5) is 5.69 Å². The molecule has 1 aromatic carbocycles. The number of carbonyl (C=O) groups is 3. The molecule has 0 aliphatic carbocycles. The van der Waals surface area contributed by atoms with E-state index in [0.717, 1.165) is 12.1 Å². The molecule has 1 spiro atoms. The lowest BCUT2D eigenvalue weighted by Crippen LogP contribution is -2.53. The van der Waals surface area contributed by atoms with Crippen LogP contribution in [0.1, 0.15) is 19.3 Å². The van der Waals surface area contributed by atoms with Gasteiger partial charge in [0.25, 0.3) is 5.91 Å². The number of unbranched alkanes of at least 4 members (excludes halogenated alkanes) is 2. The maximum absolute atomic E-state index is 14.2. The van der Waals surface area contributed by atoms with Gasteiger partial charge in [0.1, 0.15) is 6.04 Å². The van der Waals surface area contributed by atoms with Gasteiger partial charge in [-0.2, -0.15) is 0 Å². The summed E-state index contributed by atoms with van der Waals surface area (Å²) in [5.74, 6) is -1.39. The Balaban J connectivity index is 1.56. The molecule has 4 aliphatic rings. The Hall–Kier alpha value is -2.29. The monoisotopic (exact) mass is 515 g/mol. The molecule has 2 fully saturated rings. The highest BCUT2D eigenvalue weighted by molar-refractivity contribution is 8.02. The SMILES string of the molecule is CN1CC=C[C@@H]2S[C@]34C=CCN(c5ccc(Cl)cc5)C(=O)C3N(CCCCCO)C(=O)[C@@H]4[C@@H]2C1=O. The number of benzene rings is 1. The Labute approximate surface area is 214 Å². The van der Waals surface area contributed by atoms with Crippen molar-refractivity contribution < 1.29 is 19.5 Å². The van der Waals surface area contributed by atoms with E-state index in [1.54, 1.807) is 45.6 Å². The summed E-state index contributed by atoms with van der Waals surface area (Å²) in [7, 11) is 1.77. The molecular formula is C26H30ClN3O4S. The predicted molar refractivity (Wildman–Crippen MR) is 137 cm³/mol. The molecule has 7 nitrogen and oxygen atoms in total. The quantitative estimate of drug-likeness (QED) is 0.465. The third-order valence-corrected chi connectivity index (χ3v) is 9.55. The topological polar surface area (TPSA) is 81.2 Å². The first-order valence-corrected chi connectivity index (χ1v) is 13.4. The second-order valence-corrected chi connectivity index (χ2v) is 11.6. The van der Waals surface area contributed by atoms with Crippen LogP contribution in [0.5, 0.6) is 0 Å². The summed E-state index contributed by atoms with van der Waals surface area (Å²) in [6.07, 6.45) is 10.1. The van der Waals surface area contributed by atoms with Crippen molar-refractivity contribution in [3.63, 3.8) is 0 Å². The first-order chi connectivity index (χ1) is 16.9. The van der Waals surface area contributed by atoms with Crippen molar-refractivity contribution in [1.29, 1.82) is 0 Å². The molecule has 186 valence electrons. The van der Waals surface area contributed by atoms with Gasteiger partial charge in [-0.05, 0) is 43.5 Å². The number of fused-ring (bicyclic) bond motifs is 2. The number of carbonyl (C=O) groups excluding carboxylic acids is 3. The van der Waals surface area contributed by atoms with Crippen LogP contribution in [-0.4, -0.2) is 82.0 Å². The summed E-state index contributed by atoms with van der Waals surface area (Å²) < 4.78 is -0.806. The van der Waals surface area contributed by atoms with E-state index in [4.69, 9.17) is 11.6 Å². The number of nitrogens with zero attached hydrogens (tertiary/aromatic N) is 3. The lowest BCUT2D eigenvalue weighted by molar-refractivity contribution is -0.142. The van der Waals surface area contributed by atoms with Crippen LogP contribution in [0, 0.1) is 11.8 Å². The summed E-state index contributed by atoms with van der Waals surface area (Å²) in [6.45, 7) is 1.43. The van der Waals surface area contributed by atoms with E-state index in [-0.39, 0.29) is 29.6 Å². The number of anilines is 1. The number of likely N-dealkylation sites (N-methyl/N-ethyl adjacent to an activating group) is 1. The van der Waals surface area contributed by atoms with Crippen molar-refractivity contribution in [2.24, 2.45) is 11.8 Å². The molecule has 0 bridgehead atoms. The third-order valence-electron chi connectivity index (χ3n) is 7.56. The van der Waals surface area contributed by atoms with Crippen molar-refractivity contribution in [3.8, 4) is 0 Å². The zero-order chi connectivity index (χ0) is 24.7. The summed E-state index contributed by atoms with van der Waals surface area (Å²) >= 11 is 7.67. The molecule has 5 rings (SSSR count). The van der Waals surface area contributed by atoms with Gasteiger partial charge in [-0.3, -0.25) is 14.4 Å². The number of thioether (sulfide) groups is 1. The van der Waals surface area contributed by atoms with Gasteiger partial charge in [0.2, 0.25) is 11.8 Å². The lowest BCUT2D eigenvalue weighted by Gasteiger charge is -2.35. The van der Waals surface area contributed by atoms with Crippen LogP contribution in [0.25, 0.3) is 0 Å². The Morgan fingerprint density at radius 3 is 2.54 bits per heavy atom. The van der Waals surface area contributed by atoms with Crippen LogP contribution < -0.4 is 4.90 Å². The van der Waals surface area contributed by atoms with Crippen molar-refractivity contribution in [3.05, 3.63) is 53.6 Å². The summed E-state index contributed by atoms with van der Waals surface area (Å²) in [4.78, 5) is 46.8. The van der Waals surface area contributed by atoms with Gasteiger partial charge in [-0.25, -0.2) is 0 Å². The van der Waals surface area contributed by atoms with Gasteiger partial charge >= 0.3 is 0 Å². The zero-order valence-corrected chi connectivity index (χ0v) is 21.3. The molecule has 35 heavy (non-hydrogen) atoms. The number of halogens is 1. The van der Waals surface area contributed by atoms with Gasteiger partial charge in [0.15, 0.2) is 0 Å². The minimum atomic E-state index is -0.806. The standard InChI is InChI=1S/C26H30ClN3O4S/c1-28-13-5-7-19-20(23(28)32)21-24(33)30(14-3-2-4-16-31)22-25(34)29(15-6-12-26(21,22)35-19)18-10-8-17(27)9-11-18/h5-12,19-22,31H,2-4,13-16H2,1H3/t19-,20+,21-,22?,26-/m0/s1. The molecule has 0 saturated carbocycles. The summed E-state index contributed by atoms with van der Waals surface area (Å²) in [5, 5.41) is 9.62. The van der Waals surface area contributed by atoms with Crippen LogP contribution >= 0.6 is 23.4 Å². The molecule has 1 N–H and O–H groups in total. The van der Waals surface area contributed by atoms with E-state index in [1.165, 1.54) is 0 Å². The van der Waals surface area contributed by atoms with Gasteiger partial charge < -0.3 is 19.8 Å². The van der Waals surface area contributed by atoms with Crippen molar-refractivity contribution in [2.75, 3.05) is 38.2 Å². The van der Waals surface area contributed by atoms with E-state index in [9.17, 15) is 19.5 Å². The fraction of sp³-hybridized carbons (Fsp3) is 0.500. The minimum Gasteiger partial charge on any atom is -0.396 e. The average molecular weight is 516 g/mol. The molecule has 1 unspecified atom stereocenters. The molecule has 4 aliphatic heterocycles. The normalized spacial score (nSPS) is 32.0. The van der Waals surface area contributed by atoms with Gasteiger partial charge in [0.05, 0.1) is 16.6 Å². The lowest BCUT2D eigenvalue weighted by atomic mass is 9.78. The Morgan fingerprint density at radius 1 is 1.03 bits per heavy atom. The third kappa shape index (κ3) is 3.99. The van der Waals surface area contributed by atoms with Crippen LogP contribution in [0.3, 0.4) is 0 Å². The largest absolute Gasteiger partial charge is 0.396 e. The number of aliphatic hydroxyl groups is 1. The van der Waals surface area contributed by atoms with Gasteiger partial charge in [-0.1, -0.05) is 35.9 Å². The minimum absolute atomic E-state index is 0.0386. The number of hydrogen-bond acceptors (Lipinski definition) is 5. The smallest absolute Gasteiger partial charge is 0.251 e. The van der Waals surface area contributed by atoms with Crippen LogP contribution in [0.15, 0.2) is 48.6 Å². The molecule has 5 atom stereocenters. The summed E-state index contributed by atoms with van der Waals surface area (Å²) in [5.41, 5.74) is 0.727. The molecule has 1 aromatic rings. The first kappa shape index (κ1) is 24.4. The van der Waals surface area contributed by atoms with Crippen LogP contribution in [0.2, 0.25) is 5.02 Å². The van der Waals surface area contributed by atoms with E-state index >= 15 is 0 Å². The summed E-state index contributed by atoms with van der Waals surface area (Å²) in [6, 6.07) is 6.45. The maximum atomic E-state index is 14.2. The molecule has 9 heteroatoms. The fourth-order valence-corrected chi connectivity index (χ4v) is 8.06. The first-order valence-electron chi connectivity index (χ1n) is 12.1. The van der Waals surface area contributed by atoms with Gasteiger partial charge in [0, 0.05) is 49.2 Å². The van der Waals surface area contributed by atoms with E-state index in [2.05, 4.69) is 0 Å². The predicted octanol–water partition coefficient (Wildman–Crippen LogP) is 2.73. The number of aliphatic hydroxyl groups excluding tert-OH is 1. The number of hydrogen-bond donors (Lipinski definition) is 1. The van der Waals surface area contributed by atoms with E-state index in [0.29, 0.717) is 37.5 Å². The van der Waals surface area contributed by atoms with E-state index in [1.807, 2.05) is 36.4 Å². The highest BCUT2D eigenvalue weighted by Crippen LogP contribution is 2.61. The van der Waals surface area contributed by atoms with Crippen molar-refractivity contribution >= 4 is 46.8 Å². The maximum Gasteiger partial charge on any atom is 0.251 e. The molecule has 3 amide bonds. The van der Waals surface area contributed by atoms with Crippen molar-refractivity contribution in [2.45, 2.75) is 35.3 Å². The molecular weight excluding hydrogens is 486 g/mol. The molecule has 2 saturated heterocycles. The molecule has 4 heterocycles.